The first-order valence-electron chi connectivity index (χ1n) is 9.41. The fourth-order valence-corrected chi connectivity index (χ4v) is 4.78. The standard InChI is InChI=1S/C22H22N4O3S.ClH/c1-15-10-18(27)6-8-21(15)25-17-5-7-20-16(12-23-2)14-26(22(20)11-17)30(28,29)19-4-3-9-24-13-19;/h3-11,13-14,23,25,27H,12H2,1-2H3;1H. The highest BCUT2D eigenvalue weighted by molar-refractivity contribution is 7.90. The molecule has 31 heavy (non-hydrogen) atoms. The van der Waals surface area contributed by atoms with E-state index in [0.717, 1.165) is 27.9 Å². The number of pyridine rings is 1. The monoisotopic (exact) mass is 458 g/mol. The normalized spacial score (nSPS) is 11.3. The van der Waals surface area contributed by atoms with Crippen LogP contribution in [0.1, 0.15) is 11.1 Å². The quantitative estimate of drug-likeness (QED) is 0.375. The molecule has 0 radical (unpaired) electrons. The van der Waals surface area contributed by atoms with Gasteiger partial charge in [-0.15, -0.1) is 12.4 Å². The van der Waals surface area contributed by atoms with E-state index in [2.05, 4.69) is 15.6 Å². The van der Waals surface area contributed by atoms with Gasteiger partial charge in [-0.25, -0.2) is 12.4 Å². The molecule has 0 amide bonds. The van der Waals surface area contributed by atoms with Crippen LogP contribution in [-0.2, 0) is 16.6 Å². The van der Waals surface area contributed by atoms with Crippen LogP contribution in [0.15, 0.2) is 72.0 Å². The van der Waals surface area contributed by atoms with E-state index in [1.165, 1.54) is 16.2 Å². The Hall–Kier alpha value is -3.07. The zero-order valence-electron chi connectivity index (χ0n) is 17.0. The van der Waals surface area contributed by atoms with E-state index in [1.807, 2.05) is 32.2 Å². The molecule has 0 aliphatic heterocycles. The maximum Gasteiger partial charge on any atom is 0.269 e. The summed E-state index contributed by atoms with van der Waals surface area (Å²) in [5, 5.41) is 16.9. The maximum absolute atomic E-state index is 13.3. The van der Waals surface area contributed by atoms with Crippen LogP contribution in [0.2, 0.25) is 0 Å². The van der Waals surface area contributed by atoms with E-state index < -0.39 is 10.0 Å². The predicted molar refractivity (Wildman–Crippen MR) is 125 cm³/mol. The van der Waals surface area contributed by atoms with Gasteiger partial charge in [-0.05, 0) is 67.6 Å². The third kappa shape index (κ3) is 4.36. The van der Waals surface area contributed by atoms with Crippen molar-refractivity contribution >= 4 is 44.7 Å². The summed E-state index contributed by atoms with van der Waals surface area (Å²) in [6.45, 7) is 2.43. The molecule has 4 rings (SSSR count). The molecule has 0 saturated carbocycles. The minimum Gasteiger partial charge on any atom is -0.508 e. The zero-order chi connectivity index (χ0) is 21.3. The van der Waals surface area contributed by atoms with Crippen molar-refractivity contribution in [2.75, 3.05) is 12.4 Å². The van der Waals surface area contributed by atoms with Gasteiger partial charge in [-0.2, -0.15) is 0 Å². The Balaban J connectivity index is 0.00000272. The fourth-order valence-electron chi connectivity index (χ4n) is 3.43. The minimum atomic E-state index is -3.80. The number of phenolic OH excluding ortho intramolecular Hbond substituents is 1. The number of aromatic hydroxyl groups is 1. The lowest BCUT2D eigenvalue weighted by Crippen LogP contribution is -2.12. The highest BCUT2D eigenvalue weighted by Crippen LogP contribution is 2.30. The summed E-state index contributed by atoms with van der Waals surface area (Å²) < 4.78 is 27.9. The average molecular weight is 459 g/mol. The number of nitrogens with zero attached hydrogens (tertiary/aromatic N) is 2. The first-order chi connectivity index (χ1) is 14.4. The Morgan fingerprint density at radius 3 is 2.61 bits per heavy atom. The lowest BCUT2D eigenvalue weighted by molar-refractivity contribution is 0.475. The van der Waals surface area contributed by atoms with Crippen LogP contribution in [0.3, 0.4) is 0 Å². The number of halogens is 1. The topological polar surface area (TPSA) is 96.2 Å². The van der Waals surface area contributed by atoms with Gasteiger partial charge in [-0.3, -0.25) is 4.98 Å². The molecular weight excluding hydrogens is 436 g/mol. The Labute approximate surface area is 187 Å². The van der Waals surface area contributed by atoms with Crippen molar-refractivity contribution < 1.29 is 13.5 Å². The van der Waals surface area contributed by atoms with E-state index in [4.69, 9.17) is 0 Å². The highest BCUT2D eigenvalue weighted by atomic mass is 35.5. The molecule has 0 fully saturated rings. The van der Waals surface area contributed by atoms with Crippen molar-refractivity contribution in [2.45, 2.75) is 18.4 Å². The van der Waals surface area contributed by atoms with Crippen LogP contribution in [0.25, 0.3) is 10.9 Å². The third-order valence-electron chi connectivity index (χ3n) is 4.90. The Morgan fingerprint density at radius 1 is 1.13 bits per heavy atom. The number of nitrogens with one attached hydrogen (secondary N) is 2. The summed E-state index contributed by atoms with van der Waals surface area (Å²) in [6.07, 6.45) is 4.54. The third-order valence-corrected chi connectivity index (χ3v) is 6.56. The van der Waals surface area contributed by atoms with Gasteiger partial charge in [0.25, 0.3) is 10.0 Å². The number of hydrogen-bond donors (Lipinski definition) is 3. The van der Waals surface area contributed by atoms with Gasteiger partial charge in [0.05, 0.1) is 5.52 Å². The summed E-state index contributed by atoms with van der Waals surface area (Å²) in [4.78, 5) is 4.08. The molecule has 2 aromatic heterocycles. The number of aromatic nitrogens is 2. The van der Waals surface area contributed by atoms with E-state index >= 15 is 0 Å². The summed E-state index contributed by atoms with van der Waals surface area (Å²) in [7, 11) is -1.98. The number of anilines is 2. The molecule has 0 unspecified atom stereocenters. The van der Waals surface area contributed by atoms with E-state index in [-0.39, 0.29) is 23.1 Å². The van der Waals surface area contributed by atoms with Gasteiger partial charge < -0.3 is 15.7 Å². The highest BCUT2D eigenvalue weighted by Gasteiger charge is 2.21. The van der Waals surface area contributed by atoms with Crippen LogP contribution in [-0.4, -0.2) is 29.5 Å². The smallest absolute Gasteiger partial charge is 0.269 e. The second-order valence-electron chi connectivity index (χ2n) is 7.03. The molecule has 2 heterocycles. The largest absolute Gasteiger partial charge is 0.508 e. The maximum atomic E-state index is 13.3. The molecule has 0 spiro atoms. The van der Waals surface area contributed by atoms with Crippen molar-refractivity contribution in [1.82, 2.24) is 14.3 Å². The number of rotatable bonds is 6. The second kappa shape index (κ2) is 8.97. The molecular formula is C22H23ClN4O3S. The molecule has 0 aliphatic carbocycles. The first kappa shape index (κ1) is 22.6. The zero-order valence-corrected chi connectivity index (χ0v) is 18.7. The number of hydrogen-bond acceptors (Lipinski definition) is 6. The molecule has 9 heteroatoms. The van der Waals surface area contributed by atoms with Crippen LogP contribution >= 0.6 is 12.4 Å². The number of fused-ring (bicyclic) bond motifs is 1. The van der Waals surface area contributed by atoms with Crippen LogP contribution < -0.4 is 10.6 Å². The Bertz CT molecular complexity index is 1320. The average Bonchev–Trinajstić information content (AvgIpc) is 3.10. The van der Waals surface area contributed by atoms with E-state index in [0.29, 0.717) is 12.1 Å². The van der Waals surface area contributed by atoms with Gasteiger partial charge >= 0.3 is 0 Å². The molecule has 0 aliphatic rings. The second-order valence-corrected chi connectivity index (χ2v) is 8.85. The van der Waals surface area contributed by atoms with Crippen molar-refractivity contribution in [3.05, 3.63) is 78.2 Å². The lowest BCUT2D eigenvalue weighted by Gasteiger charge is -2.12. The van der Waals surface area contributed by atoms with Crippen molar-refractivity contribution in [1.29, 1.82) is 0 Å². The molecule has 7 nitrogen and oxygen atoms in total. The summed E-state index contributed by atoms with van der Waals surface area (Å²) in [5.41, 5.74) is 3.91. The van der Waals surface area contributed by atoms with Crippen LogP contribution in [0, 0.1) is 6.92 Å². The van der Waals surface area contributed by atoms with Gasteiger partial charge in [0.1, 0.15) is 10.6 Å². The summed E-state index contributed by atoms with van der Waals surface area (Å²) >= 11 is 0. The molecule has 0 saturated heterocycles. The Morgan fingerprint density at radius 2 is 1.94 bits per heavy atom. The van der Waals surface area contributed by atoms with E-state index in [1.54, 1.807) is 36.7 Å². The SMILES string of the molecule is CNCc1cn(S(=O)(=O)c2cccnc2)c2cc(Nc3ccc(O)cc3C)ccc12.Cl. The molecule has 4 aromatic rings. The number of phenols is 1. The van der Waals surface area contributed by atoms with E-state index in [9.17, 15) is 13.5 Å². The fraction of sp³-hybridized carbons (Fsp3) is 0.136. The predicted octanol–water partition coefficient (Wildman–Crippen LogP) is 4.17. The lowest BCUT2D eigenvalue weighted by atomic mass is 10.1. The van der Waals surface area contributed by atoms with Gasteiger partial charge in [0.2, 0.25) is 0 Å². The molecule has 3 N–H and O–H groups in total. The summed E-state index contributed by atoms with van der Waals surface area (Å²) in [5.74, 6) is 0.196. The van der Waals surface area contributed by atoms with Crippen molar-refractivity contribution in [3.8, 4) is 5.75 Å². The molecule has 0 atom stereocenters. The van der Waals surface area contributed by atoms with Crippen LogP contribution in [0.5, 0.6) is 5.75 Å². The molecule has 2 aromatic carbocycles. The number of aryl methyl sites for hydroxylation is 1. The van der Waals surface area contributed by atoms with Gasteiger partial charge in [0.15, 0.2) is 0 Å². The van der Waals surface area contributed by atoms with Gasteiger partial charge in [0, 0.05) is 41.9 Å². The van der Waals surface area contributed by atoms with Crippen LogP contribution in [0.4, 0.5) is 11.4 Å². The molecule has 0 bridgehead atoms. The molecule has 162 valence electrons. The van der Waals surface area contributed by atoms with Crippen molar-refractivity contribution in [3.63, 3.8) is 0 Å². The van der Waals surface area contributed by atoms with Gasteiger partial charge in [-0.1, -0.05) is 6.07 Å². The minimum absolute atomic E-state index is 0. The van der Waals surface area contributed by atoms with Crippen molar-refractivity contribution in [2.24, 2.45) is 0 Å². The summed E-state index contributed by atoms with van der Waals surface area (Å²) in [6, 6.07) is 13.8. The number of benzene rings is 2. The first-order valence-corrected chi connectivity index (χ1v) is 10.8. The Kier molecular flexibility index (Phi) is 6.54.